The standard InChI is InChI=1S/C14H24N2/c1-15-6-5-14(10-15)4-2-3-13(14)16-9-11-7-12(16)8-11/h11-13H,2-10H2,1H3. The normalized spacial score (nSPS) is 52.7. The Balaban J connectivity index is 1.58. The Hall–Kier alpha value is -0.0800. The van der Waals surface area contributed by atoms with Gasteiger partial charge in [0.05, 0.1) is 0 Å². The zero-order chi connectivity index (χ0) is 10.8. The largest absolute Gasteiger partial charge is 0.306 e. The van der Waals surface area contributed by atoms with Crippen LogP contribution in [-0.2, 0) is 0 Å². The van der Waals surface area contributed by atoms with Gasteiger partial charge in [-0.3, -0.25) is 4.90 Å². The highest BCUT2D eigenvalue weighted by Crippen LogP contribution is 2.52. The molecule has 0 aromatic rings. The van der Waals surface area contributed by atoms with Crippen LogP contribution in [0.5, 0.6) is 0 Å². The fourth-order valence-corrected chi connectivity index (χ4v) is 5.17. The SMILES string of the molecule is CN1CCC2(CCCC2N2CC3CC2C3)C1. The van der Waals surface area contributed by atoms with Crippen LogP contribution in [-0.4, -0.2) is 48.6 Å². The predicted molar refractivity (Wildman–Crippen MR) is 65.4 cm³/mol. The fraction of sp³-hybridized carbons (Fsp3) is 1.00. The molecule has 5 fully saturated rings. The molecule has 0 aromatic heterocycles. The van der Waals surface area contributed by atoms with Gasteiger partial charge in [0.1, 0.15) is 0 Å². The van der Waals surface area contributed by atoms with Crippen LogP contribution < -0.4 is 0 Å². The Morgan fingerprint density at radius 1 is 1.19 bits per heavy atom. The van der Waals surface area contributed by atoms with E-state index < -0.39 is 0 Å². The quantitative estimate of drug-likeness (QED) is 0.666. The Kier molecular flexibility index (Phi) is 2.00. The summed E-state index contributed by atoms with van der Waals surface area (Å²) in [6.07, 6.45) is 9.03. The summed E-state index contributed by atoms with van der Waals surface area (Å²) in [4.78, 5) is 5.50. The maximum absolute atomic E-state index is 2.93. The van der Waals surface area contributed by atoms with Crippen molar-refractivity contribution in [2.45, 2.75) is 50.6 Å². The van der Waals surface area contributed by atoms with Crippen molar-refractivity contribution in [1.82, 2.24) is 9.80 Å². The molecule has 5 rings (SSSR count). The maximum Gasteiger partial charge on any atom is 0.0167 e. The van der Waals surface area contributed by atoms with Gasteiger partial charge in [0.25, 0.3) is 0 Å². The van der Waals surface area contributed by atoms with Crippen molar-refractivity contribution in [2.75, 3.05) is 26.7 Å². The van der Waals surface area contributed by atoms with Crippen LogP contribution in [0, 0.1) is 11.3 Å². The Bertz CT molecular complexity index is 297. The zero-order valence-electron chi connectivity index (χ0n) is 10.5. The lowest BCUT2D eigenvalue weighted by Gasteiger charge is -2.40. The van der Waals surface area contributed by atoms with E-state index in [1.54, 1.807) is 0 Å². The first-order valence-corrected chi connectivity index (χ1v) is 7.21. The molecule has 2 saturated carbocycles. The van der Waals surface area contributed by atoms with Gasteiger partial charge in [-0.2, -0.15) is 0 Å². The molecule has 2 atom stereocenters. The van der Waals surface area contributed by atoms with Crippen LogP contribution >= 0.6 is 0 Å². The molecular formula is C14H24N2. The van der Waals surface area contributed by atoms with E-state index in [0.717, 1.165) is 18.0 Å². The molecular weight excluding hydrogens is 196 g/mol. The van der Waals surface area contributed by atoms with Crippen LogP contribution in [0.25, 0.3) is 0 Å². The number of rotatable bonds is 1. The van der Waals surface area contributed by atoms with Crippen LogP contribution in [0.2, 0.25) is 0 Å². The molecule has 1 spiro atoms. The van der Waals surface area contributed by atoms with Crippen molar-refractivity contribution in [3.05, 3.63) is 0 Å². The van der Waals surface area contributed by atoms with Crippen molar-refractivity contribution < 1.29 is 0 Å². The van der Waals surface area contributed by atoms with Crippen LogP contribution in [0.1, 0.15) is 38.5 Å². The van der Waals surface area contributed by atoms with Crippen molar-refractivity contribution in [1.29, 1.82) is 0 Å². The molecule has 0 radical (unpaired) electrons. The molecule has 0 amide bonds. The van der Waals surface area contributed by atoms with Crippen LogP contribution in [0.15, 0.2) is 0 Å². The van der Waals surface area contributed by atoms with Gasteiger partial charge in [-0.15, -0.1) is 0 Å². The van der Waals surface area contributed by atoms with E-state index in [9.17, 15) is 0 Å². The minimum Gasteiger partial charge on any atom is -0.306 e. The highest BCUT2D eigenvalue weighted by molar-refractivity contribution is 5.08. The smallest absolute Gasteiger partial charge is 0.0167 e. The van der Waals surface area contributed by atoms with Gasteiger partial charge >= 0.3 is 0 Å². The van der Waals surface area contributed by atoms with E-state index in [2.05, 4.69) is 16.8 Å². The first-order valence-electron chi connectivity index (χ1n) is 7.21. The van der Waals surface area contributed by atoms with Crippen molar-refractivity contribution in [2.24, 2.45) is 11.3 Å². The average molecular weight is 220 g/mol. The Morgan fingerprint density at radius 2 is 2.06 bits per heavy atom. The molecule has 2 heteroatoms. The summed E-state index contributed by atoms with van der Waals surface area (Å²) in [5.74, 6) is 1.08. The third-order valence-electron chi connectivity index (χ3n) is 5.98. The number of fused-ring (bicyclic) bond motifs is 1. The van der Waals surface area contributed by atoms with Gasteiger partial charge in [0, 0.05) is 25.2 Å². The van der Waals surface area contributed by atoms with Crippen LogP contribution in [0.3, 0.4) is 0 Å². The van der Waals surface area contributed by atoms with Gasteiger partial charge in [0.15, 0.2) is 0 Å². The van der Waals surface area contributed by atoms with Crippen LogP contribution in [0.4, 0.5) is 0 Å². The average Bonchev–Trinajstić information content (AvgIpc) is 2.89. The topological polar surface area (TPSA) is 6.48 Å². The highest BCUT2D eigenvalue weighted by atomic mass is 15.3. The molecule has 2 nitrogen and oxygen atoms in total. The molecule has 2 bridgehead atoms. The summed E-state index contributed by atoms with van der Waals surface area (Å²) in [6.45, 7) is 4.17. The molecule has 2 unspecified atom stereocenters. The summed E-state index contributed by atoms with van der Waals surface area (Å²) in [7, 11) is 2.31. The number of hydrogen-bond acceptors (Lipinski definition) is 2. The lowest BCUT2D eigenvalue weighted by Crippen LogP contribution is -2.46. The van der Waals surface area contributed by atoms with Crippen molar-refractivity contribution in [3.63, 3.8) is 0 Å². The third kappa shape index (κ3) is 1.20. The van der Waals surface area contributed by atoms with E-state index in [1.807, 2.05) is 0 Å². The van der Waals surface area contributed by atoms with E-state index in [0.29, 0.717) is 5.41 Å². The van der Waals surface area contributed by atoms with Crippen molar-refractivity contribution >= 4 is 0 Å². The minimum atomic E-state index is 0.701. The van der Waals surface area contributed by atoms with Crippen molar-refractivity contribution in [3.8, 4) is 0 Å². The summed E-state index contributed by atoms with van der Waals surface area (Å²) < 4.78 is 0. The Morgan fingerprint density at radius 3 is 2.69 bits per heavy atom. The summed E-state index contributed by atoms with van der Waals surface area (Å²) >= 11 is 0. The second kappa shape index (κ2) is 3.23. The first kappa shape index (κ1) is 9.90. The molecule has 3 saturated heterocycles. The molecule has 3 aliphatic heterocycles. The third-order valence-corrected chi connectivity index (χ3v) is 5.98. The molecule has 3 heterocycles. The van der Waals surface area contributed by atoms with Gasteiger partial charge < -0.3 is 4.90 Å². The molecule has 5 aliphatic rings. The Labute approximate surface area is 99.0 Å². The summed E-state index contributed by atoms with van der Waals surface area (Å²) in [5.41, 5.74) is 0.701. The minimum absolute atomic E-state index is 0.701. The van der Waals surface area contributed by atoms with Gasteiger partial charge in [-0.1, -0.05) is 6.42 Å². The highest BCUT2D eigenvalue weighted by Gasteiger charge is 2.54. The fourth-order valence-electron chi connectivity index (χ4n) is 5.17. The molecule has 2 aliphatic carbocycles. The molecule has 90 valence electrons. The lowest BCUT2D eigenvalue weighted by molar-refractivity contribution is 0.0899. The summed E-state index contributed by atoms with van der Waals surface area (Å²) in [6, 6.07) is 1.95. The first-order chi connectivity index (χ1) is 7.77. The number of likely N-dealkylation sites (tertiary alicyclic amines) is 1. The molecule has 16 heavy (non-hydrogen) atoms. The van der Waals surface area contributed by atoms with E-state index in [-0.39, 0.29) is 0 Å². The zero-order valence-corrected chi connectivity index (χ0v) is 10.5. The molecule has 0 aromatic carbocycles. The summed E-state index contributed by atoms with van der Waals surface area (Å²) in [5, 5.41) is 0. The van der Waals surface area contributed by atoms with E-state index in [4.69, 9.17) is 0 Å². The van der Waals surface area contributed by atoms with Gasteiger partial charge in [-0.25, -0.2) is 0 Å². The van der Waals surface area contributed by atoms with Gasteiger partial charge in [0.2, 0.25) is 0 Å². The second-order valence-electron chi connectivity index (χ2n) is 6.95. The predicted octanol–water partition coefficient (Wildman–Crippen LogP) is 1.95. The van der Waals surface area contributed by atoms with E-state index >= 15 is 0 Å². The van der Waals surface area contributed by atoms with Gasteiger partial charge in [-0.05, 0) is 57.0 Å². The van der Waals surface area contributed by atoms with E-state index in [1.165, 1.54) is 58.2 Å². The molecule has 0 N–H and O–H groups in total. The second-order valence-corrected chi connectivity index (χ2v) is 6.95. The lowest BCUT2D eigenvalue weighted by atomic mass is 9.80. The number of hydrogen-bond donors (Lipinski definition) is 0. The maximum atomic E-state index is 2.93. The monoisotopic (exact) mass is 220 g/mol. The number of nitrogens with zero attached hydrogens (tertiary/aromatic N) is 2.